The van der Waals surface area contributed by atoms with Crippen LogP contribution in [0.4, 0.5) is 0 Å². The average molecular weight is 336 g/mol. The molecule has 2 atom stereocenters. The molecule has 0 saturated carbocycles. The van der Waals surface area contributed by atoms with Crippen LogP contribution in [0.25, 0.3) is 0 Å². The van der Waals surface area contributed by atoms with Gasteiger partial charge in [-0.15, -0.1) is 0 Å². The molecule has 1 aliphatic heterocycles. The Morgan fingerprint density at radius 1 is 1.33 bits per heavy atom. The molecular formula is C18H28N2O4. The lowest BCUT2D eigenvalue weighted by Crippen LogP contribution is -2.42. The fraction of sp³-hybridized carbons (Fsp3) is 0.611. The molecule has 0 spiro atoms. The largest absolute Gasteiger partial charge is 0.493 e. The zero-order chi connectivity index (χ0) is 17.5. The predicted molar refractivity (Wildman–Crippen MR) is 92.5 cm³/mol. The van der Waals surface area contributed by atoms with Gasteiger partial charge in [0.15, 0.2) is 11.5 Å². The molecule has 1 fully saturated rings. The molecule has 1 heterocycles. The second-order valence-electron chi connectivity index (χ2n) is 6.28. The highest BCUT2D eigenvalue weighted by molar-refractivity contribution is 5.78. The summed E-state index contributed by atoms with van der Waals surface area (Å²) in [6.07, 6.45) is 1.76. The molecule has 0 bridgehead atoms. The number of aliphatic hydroxyl groups is 1. The van der Waals surface area contributed by atoms with Crippen molar-refractivity contribution in [2.75, 3.05) is 40.5 Å². The van der Waals surface area contributed by atoms with Crippen LogP contribution in [0.1, 0.15) is 18.9 Å². The van der Waals surface area contributed by atoms with Gasteiger partial charge in [0.05, 0.1) is 27.4 Å². The predicted octanol–water partition coefficient (Wildman–Crippen LogP) is 1.07. The van der Waals surface area contributed by atoms with Crippen molar-refractivity contribution in [1.82, 2.24) is 10.2 Å². The summed E-state index contributed by atoms with van der Waals surface area (Å²) in [6, 6.07) is 5.86. The van der Waals surface area contributed by atoms with Crippen LogP contribution in [0.3, 0.4) is 0 Å². The maximum atomic E-state index is 12.1. The molecule has 6 heteroatoms. The maximum absolute atomic E-state index is 12.1. The third kappa shape index (κ3) is 4.61. The van der Waals surface area contributed by atoms with E-state index in [1.165, 1.54) is 0 Å². The van der Waals surface area contributed by atoms with Crippen molar-refractivity contribution >= 4 is 5.91 Å². The number of benzene rings is 1. The van der Waals surface area contributed by atoms with E-state index in [1.54, 1.807) is 14.2 Å². The van der Waals surface area contributed by atoms with Crippen LogP contribution in [0, 0.1) is 5.92 Å². The Morgan fingerprint density at radius 3 is 2.75 bits per heavy atom. The van der Waals surface area contributed by atoms with Crippen LogP contribution in [0.5, 0.6) is 11.5 Å². The third-order valence-corrected chi connectivity index (χ3v) is 4.72. The summed E-state index contributed by atoms with van der Waals surface area (Å²) in [5.41, 5.74) is 1.08. The van der Waals surface area contributed by atoms with E-state index in [0.29, 0.717) is 30.5 Å². The summed E-state index contributed by atoms with van der Waals surface area (Å²) >= 11 is 0. The number of carbonyl (C=O) groups excluding carboxylic acids is 1. The summed E-state index contributed by atoms with van der Waals surface area (Å²) in [7, 11) is 3.22. The Balaban J connectivity index is 1.78. The number of nitrogens with zero attached hydrogens (tertiary/aromatic N) is 1. The second-order valence-corrected chi connectivity index (χ2v) is 6.28. The van der Waals surface area contributed by atoms with Gasteiger partial charge in [-0.1, -0.05) is 13.0 Å². The highest BCUT2D eigenvalue weighted by Gasteiger charge is 2.31. The van der Waals surface area contributed by atoms with E-state index in [4.69, 9.17) is 9.47 Å². The lowest BCUT2D eigenvalue weighted by atomic mass is 10.0. The van der Waals surface area contributed by atoms with E-state index < -0.39 is 0 Å². The highest BCUT2D eigenvalue weighted by Crippen LogP contribution is 2.27. The summed E-state index contributed by atoms with van der Waals surface area (Å²) in [5, 5.41) is 12.4. The zero-order valence-electron chi connectivity index (χ0n) is 14.7. The second kappa shape index (κ2) is 8.89. The summed E-state index contributed by atoms with van der Waals surface area (Å²) in [4.78, 5) is 14.2. The van der Waals surface area contributed by atoms with Gasteiger partial charge in [-0.3, -0.25) is 9.69 Å². The number of aliphatic hydroxyl groups excluding tert-OH is 1. The smallest absolute Gasteiger partial charge is 0.234 e. The maximum Gasteiger partial charge on any atom is 0.234 e. The number of ether oxygens (including phenoxy) is 2. The summed E-state index contributed by atoms with van der Waals surface area (Å²) < 4.78 is 10.5. The zero-order valence-corrected chi connectivity index (χ0v) is 14.7. The first-order valence-corrected chi connectivity index (χ1v) is 8.41. The van der Waals surface area contributed by atoms with E-state index in [2.05, 4.69) is 17.1 Å². The van der Waals surface area contributed by atoms with Crippen molar-refractivity contribution in [3.05, 3.63) is 23.8 Å². The van der Waals surface area contributed by atoms with E-state index in [9.17, 15) is 9.90 Å². The van der Waals surface area contributed by atoms with Gasteiger partial charge < -0.3 is 19.9 Å². The fourth-order valence-corrected chi connectivity index (χ4v) is 3.20. The molecule has 24 heavy (non-hydrogen) atoms. The first-order valence-electron chi connectivity index (χ1n) is 8.41. The van der Waals surface area contributed by atoms with E-state index in [1.807, 2.05) is 18.2 Å². The molecule has 0 aromatic heterocycles. The van der Waals surface area contributed by atoms with E-state index >= 15 is 0 Å². The topological polar surface area (TPSA) is 71.0 Å². The first kappa shape index (κ1) is 18.5. The van der Waals surface area contributed by atoms with Crippen molar-refractivity contribution in [3.63, 3.8) is 0 Å². The highest BCUT2D eigenvalue weighted by atomic mass is 16.5. The normalized spacial score (nSPS) is 20.8. The molecule has 2 rings (SSSR count). The number of carbonyl (C=O) groups is 1. The van der Waals surface area contributed by atoms with Gasteiger partial charge in [-0.05, 0) is 43.0 Å². The minimum Gasteiger partial charge on any atom is -0.493 e. The van der Waals surface area contributed by atoms with Crippen LogP contribution in [-0.2, 0) is 11.2 Å². The lowest BCUT2D eigenvalue weighted by molar-refractivity contribution is -0.122. The Morgan fingerprint density at radius 2 is 2.08 bits per heavy atom. The van der Waals surface area contributed by atoms with Gasteiger partial charge in [0.1, 0.15) is 0 Å². The Labute approximate surface area is 143 Å². The molecule has 6 nitrogen and oxygen atoms in total. The number of rotatable bonds is 8. The standard InChI is InChI=1S/C18H28N2O4/c1-13-7-9-20(15(13)12-21)11-18(22)19-8-6-14-4-5-16(23-2)17(10-14)24-3/h4-5,10,13,15,21H,6-9,11-12H2,1-3H3,(H,19,22)/t13-,15+/m0/s1. The number of amides is 1. The lowest BCUT2D eigenvalue weighted by Gasteiger charge is -2.24. The molecule has 0 radical (unpaired) electrons. The van der Waals surface area contributed by atoms with Crippen LogP contribution >= 0.6 is 0 Å². The van der Waals surface area contributed by atoms with Crippen molar-refractivity contribution in [3.8, 4) is 11.5 Å². The van der Waals surface area contributed by atoms with Gasteiger partial charge in [-0.25, -0.2) is 0 Å². The molecule has 1 saturated heterocycles. The molecule has 1 aliphatic rings. The Kier molecular flexibility index (Phi) is 6.87. The molecule has 2 N–H and O–H groups in total. The quantitative estimate of drug-likeness (QED) is 0.743. The van der Waals surface area contributed by atoms with Gasteiger partial charge >= 0.3 is 0 Å². The number of methoxy groups -OCH3 is 2. The van der Waals surface area contributed by atoms with E-state index in [0.717, 1.165) is 24.9 Å². The molecule has 1 amide bonds. The summed E-state index contributed by atoms with van der Waals surface area (Å²) in [6.45, 7) is 4.02. The molecule has 1 aromatic carbocycles. The Bertz CT molecular complexity index is 550. The third-order valence-electron chi connectivity index (χ3n) is 4.72. The SMILES string of the molecule is COc1ccc(CCNC(=O)CN2CC[C@H](C)[C@H]2CO)cc1OC. The number of likely N-dealkylation sites (tertiary alicyclic amines) is 1. The van der Waals surface area contributed by atoms with Crippen molar-refractivity contribution in [2.45, 2.75) is 25.8 Å². The average Bonchev–Trinajstić information content (AvgIpc) is 2.94. The molecule has 0 unspecified atom stereocenters. The van der Waals surface area contributed by atoms with Crippen molar-refractivity contribution in [1.29, 1.82) is 0 Å². The van der Waals surface area contributed by atoms with Crippen molar-refractivity contribution in [2.24, 2.45) is 5.92 Å². The van der Waals surface area contributed by atoms with Crippen molar-refractivity contribution < 1.29 is 19.4 Å². The molecule has 0 aliphatic carbocycles. The Hall–Kier alpha value is -1.79. The number of hydrogen-bond donors (Lipinski definition) is 2. The van der Waals surface area contributed by atoms with Gasteiger partial charge in [0, 0.05) is 12.6 Å². The number of hydrogen-bond acceptors (Lipinski definition) is 5. The van der Waals surface area contributed by atoms with E-state index in [-0.39, 0.29) is 18.6 Å². The minimum atomic E-state index is 0.00280. The van der Waals surface area contributed by atoms with Gasteiger partial charge in [0.2, 0.25) is 5.91 Å². The first-order chi connectivity index (χ1) is 11.6. The van der Waals surface area contributed by atoms with Crippen LogP contribution in [0.2, 0.25) is 0 Å². The minimum absolute atomic E-state index is 0.00280. The molecule has 1 aromatic rings. The van der Waals surface area contributed by atoms with Gasteiger partial charge in [-0.2, -0.15) is 0 Å². The van der Waals surface area contributed by atoms with Crippen LogP contribution in [0.15, 0.2) is 18.2 Å². The van der Waals surface area contributed by atoms with Gasteiger partial charge in [0.25, 0.3) is 0 Å². The molecular weight excluding hydrogens is 308 g/mol. The monoisotopic (exact) mass is 336 g/mol. The molecule has 134 valence electrons. The fourth-order valence-electron chi connectivity index (χ4n) is 3.20. The summed E-state index contributed by atoms with van der Waals surface area (Å²) in [5.74, 6) is 1.83. The van der Waals surface area contributed by atoms with Crippen LogP contribution < -0.4 is 14.8 Å². The number of nitrogens with one attached hydrogen (secondary N) is 1. The van der Waals surface area contributed by atoms with Crippen LogP contribution in [-0.4, -0.2) is 62.4 Å².